The number of hydrogen-bond acceptors (Lipinski definition) is 5. The zero-order chi connectivity index (χ0) is 24.2. The zero-order valence-electron chi connectivity index (χ0n) is 19.3. The third kappa shape index (κ3) is 2.47. The van der Waals surface area contributed by atoms with Crippen molar-refractivity contribution in [2.75, 3.05) is 13.1 Å². The second-order valence-electron chi connectivity index (χ2n) is 10.9. The van der Waals surface area contributed by atoms with Gasteiger partial charge in [-0.25, -0.2) is 0 Å². The Morgan fingerprint density at radius 2 is 1.91 bits per heavy atom. The summed E-state index contributed by atoms with van der Waals surface area (Å²) in [5, 5.41) is 23.0. The normalized spacial score (nSPS) is 31.7. The second-order valence-corrected chi connectivity index (χ2v) is 10.9. The Morgan fingerprint density at radius 1 is 1.11 bits per heavy atom. The van der Waals surface area contributed by atoms with E-state index in [1.807, 2.05) is 24.3 Å². The predicted molar refractivity (Wildman–Crippen MR) is 130 cm³/mol. The molecule has 1 saturated heterocycles. The van der Waals surface area contributed by atoms with Crippen LogP contribution in [0.5, 0.6) is 5.75 Å². The molecule has 1 aliphatic heterocycles. The van der Waals surface area contributed by atoms with Gasteiger partial charge in [-0.15, -0.1) is 0 Å². The van der Waals surface area contributed by atoms with E-state index < -0.39 is 22.5 Å². The highest BCUT2D eigenvalue weighted by Gasteiger charge is 2.80. The van der Waals surface area contributed by atoms with Crippen LogP contribution in [0.15, 0.2) is 59.4 Å². The van der Waals surface area contributed by atoms with Crippen molar-refractivity contribution in [1.82, 2.24) is 9.88 Å². The number of phenolic OH excluding ortho intramolecular Hbond substituents is 1. The molecule has 4 atom stereocenters. The van der Waals surface area contributed by atoms with Crippen LogP contribution < -0.4 is 11.3 Å². The highest BCUT2D eigenvalue weighted by molar-refractivity contribution is 5.92. The van der Waals surface area contributed by atoms with E-state index in [-0.39, 0.29) is 22.8 Å². The molecule has 2 unspecified atom stereocenters. The number of nitrogens with one attached hydrogen (secondary N) is 1. The number of nitrogens with two attached hydrogens (primary N) is 1. The quantitative estimate of drug-likeness (QED) is 0.462. The number of carbonyl (C=O) groups excluding carboxylic acids is 1. The van der Waals surface area contributed by atoms with Gasteiger partial charge >= 0.3 is 0 Å². The summed E-state index contributed by atoms with van der Waals surface area (Å²) in [6, 6.07) is 17.4. The number of nitrogens with zero attached hydrogens (tertiary/aromatic N) is 1. The van der Waals surface area contributed by atoms with E-state index in [1.54, 1.807) is 18.2 Å². The fourth-order valence-electron chi connectivity index (χ4n) is 8.06. The Bertz CT molecular complexity index is 1470. The molecule has 7 rings (SSSR count). The van der Waals surface area contributed by atoms with E-state index in [0.29, 0.717) is 12.8 Å². The first-order chi connectivity index (χ1) is 16.8. The van der Waals surface area contributed by atoms with Gasteiger partial charge in [0.1, 0.15) is 11.3 Å². The maximum atomic E-state index is 12.6. The summed E-state index contributed by atoms with van der Waals surface area (Å²) in [6.07, 6.45) is 2.45. The van der Waals surface area contributed by atoms with Crippen LogP contribution in [0.3, 0.4) is 0 Å². The number of amides is 1. The van der Waals surface area contributed by atoms with Gasteiger partial charge in [-0.05, 0) is 53.3 Å². The van der Waals surface area contributed by atoms with Gasteiger partial charge in [0.2, 0.25) is 0 Å². The summed E-state index contributed by atoms with van der Waals surface area (Å²) in [6.45, 7) is 1.69. The standard InChI is InChI=1S/C28H27N3O4/c29-23(33)19-10-17-12-28(35)25-26(15-31(25)9-8-16-4-2-1-3-5-16)14-27(28,13-22(17)30-24(19)34)21-11-18(32)6-7-20(21)26/h1-7,10-11,25,32,35H,8-9,12-15H2,(H2,29,33)(H,30,34)/t25-,26?,27+,28?/m1/s1. The van der Waals surface area contributed by atoms with Gasteiger partial charge < -0.3 is 20.9 Å². The minimum Gasteiger partial charge on any atom is -0.508 e. The monoisotopic (exact) mass is 469 g/mol. The van der Waals surface area contributed by atoms with E-state index in [0.717, 1.165) is 42.8 Å². The molecule has 1 aromatic heterocycles. The van der Waals surface area contributed by atoms with Gasteiger partial charge in [0.25, 0.3) is 11.5 Å². The van der Waals surface area contributed by atoms with E-state index >= 15 is 0 Å². The second kappa shape index (κ2) is 6.62. The number of benzene rings is 2. The Labute approximate surface area is 202 Å². The van der Waals surface area contributed by atoms with Gasteiger partial charge in [-0.3, -0.25) is 14.5 Å². The lowest BCUT2D eigenvalue weighted by atomic mass is 9.55. The average molecular weight is 470 g/mol. The maximum absolute atomic E-state index is 12.6. The molecule has 3 aliphatic carbocycles. The van der Waals surface area contributed by atoms with Crippen molar-refractivity contribution in [2.24, 2.45) is 5.73 Å². The lowest BCUT2D eigenvalue weighted by Gasteiger charge is -2.62. The van der Waals surface area contributed by atoms with Crippen molar-refractivity contribution >= 4 is 5.91 Å². The number of fused-ring (bicyclic) bond motifs is 3. The molecule has 4 aliphatic rings. The van der Waals surface area contributed by atoms with Crippen molar-refractivity contribution in [3.8, 4) is 5.75 Å². The van der Waals surface area contributed by atoms with E-state index in [1.165, 1.54) is 11.1 Å². The average Bonchev–Trinajstić information content (AvgIpc) is 3.18. The summed E-state index contributed by atoms with van der Waals surface area (Å²) >= 11 is 0. The van der Waals surface area contributed by atoms with E-state index in [2.05, 4.69) is 22.0 Å². The molecule has 178 valence electrons. The van der Waals surface area contributed by atoms with Gasteiger partial charge in [0, 0.05) is 42.5 Å². The minimum absolute atomic E-state index is 0.0752. The van der Waals surface area contributed by atoms with Gasteiger partial charge in [-0.2, -0.15) is 0 Å². The number of pyridine rings is 1. The Balaban J connectivity index is 1.35. The Hall–Kier alpha value is -3.42. The van der Waals surface area contributed by atoms with Crippen LogP contribution in [0.1, 0.15) is 44.7 Å². The minimum atomic E-state index is -1.09. The van der Waals surface area contributed by atoms with E-state index in [4.69, 9.17) is 5.73 Å². The van der Waals surface area contributed by atoms with Crippen LogP contribution in [0.4, 0.5) is 0 Å². The molecule has 2 bridgehead atoms. The predicted octanol–water partition coefficient (Wildman–Crippen LogP) is 1.53. The third-order valence-corrected chi connectivity index (χ3v) is 9.28. The molecule has 2 aromatic carbocycles. The molecule has 2 fully saturated rings. The van der Waals surface area contributed by atoms with Crippen LogP contribution in [0, 0.1) is 0 Å². The summed E-state index contributed by atoms with van der Waals surface area (Å²) in [5.41, 5.74) is 7.95. The number of rotatable bonds is 4. The summed E-state index contributed by atoms with van der Waals surface area (Å²) in [5.74, 6) is -0.585. The van der Waals surface area contributed by atoms with E-state index in [9.17, 15) is 19.8 Å². The number of aromatic hydroxyl groups is 1. The number of hydrogen-bond donors (Lipinski definition) is 4. The smallest absolute Gasteiger partial charge is 0.261 e. The Kier molecular flexibility index (Phi) is 3.95. The maximum Gasteiger partial charge on any atom is 0.261 e. The topological polar surface area (TPSA) is 120 Å². The molecule has 35 heavy (non-hydrogen) atoms. The molecule has 0 radical (unpaired) electrons. The van der Waals surface area contributed by atoms with Gasteiger partial charge in [0.15, 0.2) is 0 Å². The Morgan fingerprint density at radius 3 is 2.69 bits per heavy atom. The number of aliphatic hydroxyl groups is 1. The summed E-state index contributed by atoms with van der Waals surface area (Å²) in [4.78, 5) is 29.7. The molecular weight excluding hydrogens is 442 g/mol. The molecule has 7 nitrogen and oxygen atoms in total. The number of primary amides is 1. The number of likely N-dealkylation sites (tertiary alicyclic amines) is 1. The highest BCUT2D eigenvalue weighted by Crippen LogP contribution is 2.72. The SMILES string of the molecule is NC(=O)c1cc2c([nH]c1=O)C[C@@]13CC4(CN(CCc5ccccc5)[C@H]4C1(O)C2)c1ccc(O)cc13. The molecule has 2 heterocycles. The molecular formula is C28H27N3O4. The number of phenols is 1. The van der Waals surface area contributed by atoms with Crippen LogP contribution in [-0.4, -0.2) is 50.7 Å². The zero-order valence-corrected chi connectivity index (χ0v) is 19.3. The van der Waals surface area contributed by atoms with Crippen molar-refractivity contribution in [3.63, 3.8) is 0 Å². The summed E-state index contributed by atoms with van der Waals surface area (Å²) < 4.78 is 0. The van der Waals surface area contributed by atoms with Crippen LogP contribution in [0.2, 0.25) is 0 Å². The molecule has 2 spiro atoms. The van der Waals surface area contributed by atoms with Crippen LogP contribution in [-0.2, 0) is 30.1 Å². The molecule has 5 N–H and O–H groups in total. The van der Waals surface area contributed by atoms with Crippen molar-refractivity contribution in [2.45, 2.75) is 48.2 Å². The first-order valence-electron chi connectivity index (χ1n) is 12.2. The number of H-pyrrole nitrogens is 1. The van der Waals surface area contributed by atoms with Crippen molar-refractivity contribution in [3.05, 3.63) is 98.5 Å². The third-order valence-electron chi connectivity index (χ3n) is 9.28. The molecule has 1 saturated carbocycles. The lowest BCUT2D eigenvalue weighted by Crippen LogP contribution is -2.75. The molecule has 1 amide bonds. The first-order valence-corrected chi connectivity index (χ1v) is 12.2. The fourth-order valence-corrected chi connectivity index (χ4v) is 8.06. The molecule has 3 aromatic rings. The van der Waals surface area contributed by atoms with Gasteiger partial charge in [0.05, 0.1) is 11.6 Å². The lowest BCUT2D eigenvalue weighted by molar-refractivity contribution is -0.135. The van der Waals surface area contributed by atoms with Gasteiger partial charge in [-0.1, -0.05) is 36.4 Å². The molecule has 7 heteroatoms. The fraction of sp³-hybridized carbons (Fsp3) is 0.357. The number of aromatic amines is 1. The highest BCUT2D eigenvalue weighted by atomic mass is 16.3. The van der Waals surface area contributed by atoms with Crippen LogP contribution in [0.25, 0.3) is 0 Å². The largest absolute Gasteiger partial charge is 0.508 e. The first kappa shape index (κ1) is 20.9. The van der Waals surface area contributed by atoms with Crippen LogP contribution >= 0.6 is 0 Å². The number of aromatic nitrogens is 1. The summed E-state index contributed by atoms with van der Waals surface area (Å²) in [7, 11) is 0. The van der Waals surface area contributed by atoms with Crippen molar-refractivity contribution < 1.29 is 15.0 Å². The van der Waals surface area contributed by atoms with Crippen molar-refractivity contribution in [1.29, 1.82) is 0 Å². The number of carbonyl (C=O) groups is 1.